The van der Waals surface area contributed by atoms with Crippen molar-refractivity contribution in [2.45, 2.75) is 40.3 Å². The summed E-state index contributed by atoms with van der Waals surface area (Å²) in [4.78, 5) is 23.9. The Kier molecular flexibility index (Phi) is 4.80. The van der Waals surface area contributed by atoms with Gasteiger partial charge in [0.25, 0.3) is 5.91 Å². The van der Waals surface area contributed by atoms with Crippen LogP contribution in [0.1, 0.15) is 37.1 Å². The quantitative estimate of drug-likeness (QED) is 0.717. The van der Waals surface area contributed by atoms with Crippen LogP contribution >= 0.6 is 0 Å². The molecule has 25 heavy (non-hydrogen) atoms. The van der Waals surface area contributed by atoms with E-state index in [-0.39, 0.29) is 25.2 Å². The number of H-pyrrole nitrogens is 1. The van der Waals surface area contributed by atoms with E-state index >= 15 is 0 Å². The van der Waals surface area contributed by atoms with Gasteiger partial charge in [0.05, 0.1) is 11.0 Å². The number of carbonyl (C=O) groups is 1. The number of benzene rings is 1. The maximum atomic E-state index is 12.0. The van der Waals surface area contributed by atoms with Crippen molar-refractivity contribution in [2.24, 2.45) is 0 Å². The zero-order valence-corrected chi connectivity index (χ0v) is 14.8. The Morgan fingerprint density at radius 2 is 2.12 bits per heavy atom. The van der Waals surface area contributed by atoms with Crippen molar-refractivity contribution >= 4 is 22.9 Å². The number of carbonyl (C=O) groups excluding carboxylic acids is 1. The molecule has 0 atom stereocenters. The van der Waals surface area contributed by atoms with Crippen LogP contribution < -0.4 is 5.32 Å². The lowest BCUT2D eigenvalue weighted by atomic mass is 10.2. The Morgan fingerprint density at radius 3 is 2.80 bits per heavy atom. The number of para-hydroxylation sites is 1. The van der Waals surface area contributed by atoms with Gasteiger partial charge in [-0.15, -0.1) is 5.10 Å². The van der Waals surface area contributed by atoms with Crippen LogP contribution in [0.25, 0.3) is 11.0 Å². The van der Waals surface area contributed by atoms with Gasteiger partial charge in [0.1, 0.15) is 24.9 Å². The second kappa shape index (κ2) is 7.02. The third-order valence-corrected chi connectivity index (χ3v) is 3.78. The molecule has 8 heteroatoms. The average Bonchev–Trinajstić information content (AvgIpc) is 3.11. The zero-order valence-electron chi connectivity index (χ0n) is 14.8. The van der Waals surface area contributed by atoms with Gasteiger partial charge >= 0.3 is 0 Å². The molecule has 0 aliphatic heterocycles. The molecule has 0 spiro atoms. The van der Waals surface area contributed by atoms with Gasteiger partial charge in [-0.05, 0) is 39.3 Å². The molecule has 0 saturated heterocycles. The van der Waals surface area contributed by atoms with Gasteiger partial charge in [-0.1, -0.05) is 12.1 Å². The minimum Gasteiger partial charge on any atom is -0.364 e. The monoisotopic (exact) mass is 342 g/mol. The van der Waals surface area contributed by atoms with Crippen LogP contribution in [0.15, 0.2) is 18.2 Å². The molecule has 2 aromatic heterocycles. The standard InChI is InChI=1S/C17H22N6O2/c1-10(2)23-12(4)18-17(22-23)21-15(24)9-25-8-14-19-13-7-5-6-11(3)16(13)20-14/h5-7,10H,8-9H2,1-4H3,(H,19,20)(H,21,22,24). The van der Waals surface area contributed by atoms with Crippen LogP contribution in [-0.2, 0) is 16.1 Å². The third kappa shape index (κ3) is 3.85. The largest absolute Gasteiger partial charge is 0.364 e. The molecule has 132 valence electrons. The van der Waals surface area contributed by atoms with Crippen molar-refractivity contribution in [3.05, 3.63) is 35.4 Å². The Morgan fingerprint density at radius 1 is 1.32 bits per heavy atom. The molecule has 0 aliphatic rings. The first kappa shape index (κ1) is 17.1. The molecule has 3 aromatic rings. The first-order valence-corrected chi connectivity index (χ1v) is 8.19. The normalized spacial score (nSPS) is 11.4. The van der Waals surface area contributed by atoms with Gasteiger partial charge in [-0.25, -0.2) is 9.67 Å². The first-order chi connectivity index (χ1) is 11.9. The van der Waals surface area contributed by atoms with E-state index in [9.17, 15) is 4.79 Å². The smallest absolute Gasteiger partial charge is 0.252 e. The molecule has 0 unspecified atom stereocenters. The highest BCUT2D eigenvalue weighted by atomic mass is 16.5. The van der Waals surface area contributed by atoms with Gasteiger partial charge in [0.2, 0.25) is 5.95 Å². The van der Waals surface area contributed by atoms with E-state index in [2.05, 4.69) is 25.4 Å². The topological polar surface area (TPSA) is 97.7 Å². The number of aromatic amines is 1. The number of hydrogen-bond donors (Lipinski definition) is 2. The number of rotatable bonds is 6. The summed E-state index contributed by atoms with van der Waals surface area (Å²) in [5.74, 6) is 1.44. The van der Waals surface area contributed by atoms with Gasteiger partial charge in [-0.3, -0.25) is 10.1 Å². The van der Waals surface area contributed by atoms with E-state index in [0.717, 1.165) is 22.4 Å². The molecule has 0 saturated carbocycles. The minimum absolute atomic E-state index is 0.0920. The van der Waals surface area contributed by atoms with Crippen molar-refractivity contribution in [3.63, 3.8) is 0 Å². The second-order valence-electron chi connectivity index (χ2n) is 6.22. The van der Waals surface area contributed by atoms with E-state index in [1.54, 1.807) is 4.68 Å². The van der Waals surface area contributed by atoms with Crippen LogP contribution in [0.2, 0.25) is 0 Å². The molecular formula is C17H22N6O2. The highest BCUT2D eigenvalue weighted by Crippen LogP contribution is 2.15. The van der Waals surface area contributed by atoms with Crippen LogP contribution in [0.4, 0.5) is 5.95 Å². The fourth-order valence-corrected chi connectivity index (χ4v) is 2.64. The summed E-state index contributed by atoms with van der Waals surface area (Å²) >= 11 is 0. The maximum Gasteiger partial charge on any atom is 0.252 e. The summed E-state index contributed by atoms with van der Waals surface area (Å²) in [6, 6.07) is 6.13. The number of hydrogen-bond acceptors (Lipinski definition) is 5. The summed E-state index contributed by atoms with van der Waals surface area (Å²) in [6.07, 6.45) is 0. The van der Waals surface area contributed by atoms with E-state index < -0.39 is 0 Å². The molecule has 0 bridgehead atoms. The molecule has 0 aliphatic carbocycles. The molecule has 8 nitrogen and oxygen atoms in total. The number of nitrogens with one attached hydrogen (secondary N) is 2. The summed E-state index contributed by atoms with van der Waals surface area (Å²) in [5.41, 5.74) is 2.98. The molecule has 3 rings (SSSR count). The molecule has 0 radical (unpaired) electrons. The highest BCUT2D eigenvalue weighted by molar-refractivity contribution is 5.89. The number of imidazole rings is 1. The van der Waals surface area contributed by atoms with Gasteiger partial charge in [0, 0.05) is 6.04 Å². The number of amides is 1. The third-order valence-electron chi connectivity index (χ3n) is 3.78. The van der Waals surface area contributed by atoms with Crippen molar-refractivity contribution in [2.75, 3.05) is 11.9 Å². The minimum atomic E-state index is -0.298. The molecular weight excluding hydrogens is 320 g/mol. The molecule has 2 heterocycles. The second-order valence-corrected chi connectivity index (χ2v) is 6.22. The van der Waals surface area contributed by atoms with E-state index in [1.807, 2.05) is 45.9 Å². The lowest BCUT2D eigenvalue weighted by Gasteiger charge is -2.05. The molecule has 1 aromatic carbocycles. The number of aryl methyl sites for hydroxylation is 2. The van der Waals surface area contributed by atoms with Crippen molar-refractivity contribution in [1.29, 1.82) is 0 Å². The Labute approximate surface area is 145 Å². The van der Waals surface area contributed by atoms with Crippen molar-refractivity contribution in [1.82, 2.24) is 24.7 Å². The number of nitrogens with zero attached hydrogens (tertiary/aromatic N) is 4. The number of fused-ring (bicyclic) bond motifs is 1. The Hall–Kier alpha value is -2.74. The predicted octanol–water partition coefficient (Wildman–Crippen LogP) is 2.51. The van der Waals surface area contributed by atoms with Gasteiger partial charge in [-0.2, -0.15) is 4.98 Å². The van der Waals surface area contributed by atoms with E-state index in [1.165, 1.54) is 0 Å². The summed E-state index contributed by atoms with van der Waals surface area (Å²) < 4.78 is 7.20. The van der Waals surface area contributed by atoms with Gasteiger partial charge < -0.3 is 9.72 Å². The van der Waals surface area contributed by atoms with E-state index in [4.69, 9.17) is 4.74 Å². The Balaban J connectivity index is 1.53. The summed E-state index contributed by atoms with van der Waals surface area (Å²) in [5, 5.41) is 6.90. The van der Waals surface area contributed by atoms with Crippen LogP contribution in [-0.4, -0.2) is 37.2 Å². The van der Waals surface area contributed by atoms with E-state index in [0.29, 0.717) is 11.8 Å². The highest BCUT2D eigenvalue weighted by Gasteiger charge is 2.12. The van der Waals surface area contributed by atoms with Crippen LogP contribution in [0.5, 0.6) is 0 Å². The molecule has 2 N–H and O–H groups in total. The molecule has 0 fully saturated rings. The lowest BCUT2D eigenvalue weighted by Crippen LogP contribution is -2.19. The summed E-state index contributed by atoms with van der Waals surface area (Å²) in [7, 11) is 0. The van der Waals surface area contributed by atoms with Crippen LogP contribution in [0.3, 0.4) is 0 Å². The van der Waals surface area contributed by atoms with Gasteiger partial charge in [0.15, 0.2) is 0 Å². The first-order valence-electron chi connectivity index (χ1n) is 8.19. The number of aromatic nitrogens is 5. The Bertz CT molecular complexity index is 896. The fourth-order valence-electron chi connectivity index (χ4n) is 2.64. The SMILES string of the molecule is Cc1cccc2[nH]c(COCC(=O)Nc3nc(C)n(C(C)C)n3)nc12. The maximum absolute atomic E-state index is 12.0. The number of anilines is 1. The zero-order chi connectivity index (χ0) is 18.0. The molecule has 1 amide bonds. The van der Waals surface area contributed by atoms with Crippen LogP contribution in [0, 0.1) is 13.8 Å². The van der Waals surface area contributed by atoms with Crippen molar-refractivity contribution in [3.8, 4) is 0 Å². The number of ether oxygens (including phenoxy) is 1. The van der Waals surface area contributed by atoms with Crippen molar-refractivity contribution < 1.29 is 9.53 Å². The predicted molar refractivity (Wildman–Crippen MR) is 94.3 cm³/mol. The lowest BCUT2D eigenvalue weighted by molar-refractivity contribution is -0.121. The fraction of sp³-hybridized carbons (Fsp3) is 0.412. The average molecular weight is 342 g/mol. The summed E-state index contributed by atoms with van der Waals surface area (Å²) in [6.45, 7) is 8.01.